The summed E-state index contributed by atoms with van der Waals surface area (Å²) in [6, 6.07) is 4.72. The fourth-order valence-electron chi connectivity index (χ4n) is 3.85. The average Bonchev–Trinajstić information content (AvgIpc) is 3.71. The number of nitrogens with zero attached hydrogens (tertiary/aromatic N) is 3. The molecule has 14 nitrogen and oxygen atoms in total. The predicted octanol–water partition coefficient (Wildman–Crippen LogP) is 2.94. The number of amidine groups is 1. The van der Waals surface area contributed by atoms with E-state index in [9.17, 15) is 24.0 Å². The van der Waals surface area contributed by atoms with Gasteiger partial charge in [-0.1, -0.05) is 13.0 Å². The van der Waals surface area contributed by atoms with Gasteiger partial charge in [-0.25, -0.2) is 19.7 Å². The van der Waals surface area contributed by atoms with Crippen molar-refractivity contribution in [2.45, 2.75) is 58.9 Å². The largest absolute Gasteiger partial charge is 0.481 e. The second kappa shape index (κ2) is 14.6. The molecule has 0 atom stereocenters. The zero-order chi connectivity index (χ0) is 30.8. The third-order valence-corrected chi connectivity index (χ3v) is 6.30. The van der Waals surface area contributed by atoms with Gasteiger partial charge in [0.15, 0.2) is 5.84 Å². The summed E-state index contributed by atoms with van der Waals surface area (Å²) in [6.45, 7) is 5.22. The van der Waals surface area contributed by atoms with Gasteiger partial charge in [0.25, 0.3) is 11.8 Å². The number of esters is 1. The Kier molecular flexibility index (Phi) is 10.9. The lowest BCUT2D eigenvalue weighted by Crippen LogP contribution is -2.39. The monoisotopic (exact) mass is 582 g/mol. The van der Waals surface area contributed by atoms with Crippen molar-refractivity contribution in [3.63, 3.8) is 0 Å². The topological polar surface area (TPSA) is 206 Å². The molecule has 14 heteroatoms. The van der Waals surface area contributed by atoms with Crippen molar-refractivity contribution in [2.75, 3.05) is 13.3 Å². The van der Waals surface area contributed by atoms with Gasteiger partial charge in [0.1, 0.15) is 0 Å². The molecule has 0 saturated heterocycles. The van der Waals surface area contributed by atoms with Crippen LogP contribution in [0.2, 0.25) is 0 Å². The standard InChI is InChI=1S/C28H34N6O8/c1-4-11-30-26(38)18-6-5-16(2)21(12-18)33-25(32-14-29)24-17(3)20(13-31-24)27(39)34(19-7-8-19)28(40)42-15-41-23(37)10-9-22(35)36/h5-6,12-14,19,31H,4,7-11,15H2,1-3H3,(H,30,38)(H,35,36)(H2,29,32,33). The summed E-state index contributed by atoms with van der Waals surface area (Å²) in [4.78, 5) is 73.6. The summed E-state index contributed by atoms with van der Waals surface area (Å²) in [5.74, 6) is -2.74. The predicted molar refractivity (Wildman–Crippen MR) is 152 cm³/mol. The molecule has 1 heterocycles. The van der Waals surface area contributed by atoms with Crippen LogP contribution in [0, 0.1) is 13.8 Å². The number of nitrogens with two attached hydrogens (primary N) is 1. The van der Waals surface area contributed by atoms with Crippen LogP contribution >= 0.6 is 0 Å². The number of carbonyl (C=O) groups excluding carboxylic acids is 4. The van der Waals surface area contributed by atoms with Gasteiger partial charge in [0.05, 0.1) is 36.1 Å². The van der Waals surface area contributed by atoms with Crippen molar-refractivity contribution in [1.82, 2.24) is 15.2 Å². The summed E-state index contributed by atoms with van der Waals surface area (Å²) in [7, 11) is 0. The maximum Gasteiger partial charge on any atom is 0.419 e. The van der Waals surface area contributed by atoms with Crippen LogP contribution in [0.25, 0.3) is 0 Å². The van der Waals surface area contributed by atoms with Gasteiger partial charge in [-0.15, -0.1) is 0 Å². The molecule has 0 aliphatic heterocycles. The highest BCUT2D eigenvalue weighted by molar-refractivity contribution is 6.09. The number of H-pyrrole nitrogens is 1. The van der Waals surface area contributed by atoms with Gasteiger partial charge in [0.2, 0.25) is 6.79 Å². The van der Waals surface area contributed by atoms with Crippen LogP contribution < -0.4 is 11.1 Å². The van der Waals surface area contributed by atoms with E-state index in [0.29, 0.717) is 41.9 Å². The SMILES string of the molecule is CCCNC(=O)c1ccc(C)c(N=C(N=CN)c2[nH]cc(C(=O)N(C(=O)OCOC(=O)CCC(=O)O)C3CC3)c2C)c1. The number of hydrogen-bond acceptors (Lipinski definition) is 8. The van der Waals surface area contributed by atoms with Crippen LogP contribution in [0.5, 0.6) is 0 Å². The molecule has 3 amide bonds. The molecule has 5 N–H and O–H groups in total. The highest BCUT2D eigenvalue weighted by atomic mass is 16.7. The maximum atomic E-state index is 13.5. The summed E-state index contributed by atoms with van der Waals surface area (Å²) in [5.41, 5.74) is 8.25. The van der Waals surface area contributed by atoms with Crippen molar-refractivity contribution in [3.8, 4) is 0 Å². The van der Waals surface area contributed by atoms with Crippen LogP contribution in [0.4, 0.5) is 10.5 Å². The second-order valence-electron chi connectivity index (χ2n) is 9.52. The molecular weight excluding hydrogens is 548 g/mol. The van der Waals surface area contributed by atoms with Gasteiger partial charge >= 0.3 is 18.0 Å². The Morgan fingerprint density at radius 3 is 2.55 bits per heavy atom. The molecule has 0 spiro atoms. The van der Waals surface area contributed by atoms with Crippen LogP contribution in [0.1, 0.15) is 76.6 Å². The number of aliphatic imine (C=N–C) groups is 2. The van der Waals surface area contributed by atoms with Gasteiger partial charge in [-0.2, -0.15) is 0 Å². The van der Waals surface area contributed by atoms with E-state index in [1.807, 2.05) is 13.8 Å². The van der Waals surface area contributed by atoms with Crippen LogP contribution in [-0.4, -0.2) is 76.4 Å². The third-order valence-electron chi connectivity index (χ3n) is 6.30. The average molecular weight is 583 g/mol. The molecule has 1 aliphatic rings. The van der Waals surface area contributed by atoms with E-state index >= 15 is 0 Å². The van der Waals surface area contributed by atoms with Crippen LogP contribution in [0.15, 0.2) is 34.4 Å². The minimum absolute atomic E-state index is 0.150. The quantitative estimate of drug-likeness (QED) is 0.125. The third kappa shape index (κ3) is 8.25. The van der Waals surface area contributed by atoms with E-state index in [-0.39, 0.29) is 29.8 Å². The van der Waals surface area contributed by atoms with Crippen molar-refractivity contribution in [3.05, 3.63) is 52.3 Å². The number of aromatic amines is 1. The minimum atomic E-state index is -1.17. The molecular formula is C28H34N6O8. The molecule has 224 valence electrons. The summed E-state index contributed by atoms with van der Waals surface area (Å²) in [6.07, 6.45) is 2.63. The van der Waals surface area contributed by atoms with Crippen molar-refractivity contribution in [2.24, 2.45) is 15.7 Å². The number of hydrogen-bond donors (Lipinski definition) is 4. The highest BCUT2D eigenvalue weighted by Crippen LogP contribution is 2.30. The highest BCUT2D eigenvalue weighted by Gasteiger charge is 2.40. The van der Waals surface area contributed by atoms with Gasteiger partial charge in [-0.3, -0.25) is 19.2 Å². The first-order valence-electron chi connectivity index (χ1n) is 13.3. The fourth-order valence-corrected chi connectivity index (χ4v) is 3.85. The number of imide groups is 1. The van der Waals surface area contributed by atoms with E-state index in [2.05, 4.69) is 20.3 Å². The first-order valence-corrected chi connectivity index (χ1v) is 13.3. The van der Waals surface area contributed by atoms with Crippen molar-refractivity contribution < 1.29 is 38.6 Å². The maximum absolute atomic E-state index is 13.5. The number of aliphatic carboxylic acids is 1. The zero-order valence-electron chi connectivity index (χ0n) is 23.6. The number of aryl methyl sites for hydroxylation is 1. The van der Waals surface area contributed by atoms with Gasteiger partial charge in [0, 0.05) is 24.3 Å². The Morgan fingerprint density at radius 1 is 1.17 bits per heavy atom. The molecule has 1 aromatic carbocycles. The molecule has 1 aromatic heterocycles. The number of rotatable bonds is 12. The number of benzene rings is 1. The number of carbonyl (C=O) groups is 5. The Labute approximate surface area is 242 Å². The molecule has 1 fully saturated rings. The molecule has 1 aliphatic carbocycles. The summed E-state index contributed by atoms with van der Waals surface area (Å²) in [5, 5.41) is 11.5. The Morgan fingerprint density at radius 2 is 1.90 bits per heavy atom. The van der Waals surface area contributed by atoms with E-state index in [1.165, 1.54) is 6.20 Å². The first kappa shape index (κ1) is 31.5. The minimum Gasteiger partial charge on any atom is -0.481 e. The van der Waals surface area contributed by atoms with Crippen LogP contribution in [0.3, 0.4) is 0 Å². The second-order valence-corrected chi connectivity index (χ2v) is 9.52. The number of nitrogens with one attached hydrogen (secondary N) is 2. The molecule has 42 heavy (non-hydrogen) atoms. The molecule has 0 unspecified atom stereocenters. The van der Waals surface area contributed by atoms with E-state index in [4.69, 9.17) is 20.3 Å². The Balaban J connectivity index is 1.81. The number of ether oxygens (including phenoxy) is 2. The number of aromatic nitrogens is 1. The van der Waals surface area contributed by atoms with Crippen LogP contribution in [-0.2, 0) is 19.1 Å². The number of carboxylic acid groups (broad SMARTS) is 1. The lowest BCUT2D eigenvalue weighted by molar-refractivity contribution is -0.154. The Hall–Kier alpha value is -5.01. The lowest BCUT2D eigenvalue weighted by Gasteiger charge is -2.19. The van der Waals surface area contributed by atoms with E-state index < -0.39 is 37.2 Å². The van der Waals surface area contributed by atoms with Gasteiger partial charge < -0.3 is 30.6 Å². The molecule has 0 radical (unpaired) electrons. The van der Waals surface area contributed by atoms with E-state index in [1.54, 1.807) is 25.1 Å². The zero-order valence-corrected chi connectivity index (χ0v) is 23.6. The summed E-state index contributed by atoms with van der Waals surface area (Å²) >= 11 is 0. The number of carboxylic acids is 1. The van der Waals surface area contributed by atoms with Crippen molar-refractivity contribution in [1.29, 1.82) is 0 Å². The smallest absolute Gasteiger partial charge is 0.419 e. The normalized spacial score (nSPS) is 13.1. The number of amides is 3. The molecule has 2 aromatic rings. The molecule has 3 rings (SSSR count). The Bertz CT molecular complexity index is 1410. The molecule has 1 saturated carbocycles. The summed E-state index contributed by atoms with van der Waals surface area (Å²) < 4.78 is 9.71. The fraction of sp³-hybridized carbons (Fsp3) is 0.393. The lowest BCUT2D eigenvalue weighted by atomic mass is 10.1. The van der Waals surface area contributed by atoms with Crippen molar-refractivity contribution >= 4 is 47.7 Å². The van der Waals surface area contributed by atoms with Gasteiger partial charge in [-0.05, 0) is 56.4 Å². The van der Waals surface area contributed by atoms with E-state index in [0.717, 1.165) is 23.2 Å². The first-order chi connectivity index (χ1) is 20.1. The molecule has 0 bridgehead atoms.